The smallest absolute Gasteiger partial charge is 0.292 e. The van der Waals surface area contributed by atoms with Crippen LogP contribution in [0.4, 0.5) is 17.1 Å². The van der Waals surface area contributed by atoms with E-state index in [9.17, 15) is 14.9 Å². The fraction of sp³-hybridized carbons (Fsp3) is 0.188. The molecular formula is C16H16ClN3O3. The Morgan fingerprint density at radius 1 is 1.26 bits per heavy atom. The molecule has 6 nitrogen and oxygen atoms in total. The highest BCUT2D eigenvalue weighted by atomic mass is 35.5. The maximum Gasteiger partial charge on any atom is 0.292 e. The summed E-state index contributed by atoms with van der Waals surface area (Å²) in [5, 5.41) is 17.1. The highest BCUT2D eigenvalue weighted by molar-refractivity contribution is 6.31. The monoisotopic (exact) mass is 333 g/mol. The fourth-order valence-corrected chi connectivity index (χ4v) is 2.16. The number of hydrogen-bond donors (Lipinski definition) is 2. The lowest BCUT2D eigenvalue weighted by atomic mass is 10.2. The van der Waals surface area contributed by atoms with Gasteiger partial charge in [0, 0.05) is 16.8 Å². The van der Waals surface area contributed by atoms with E-state index in [0.29, 0.717) is 10.7 Å². The number of nitro groups is 1. The molecule has 0 heterocycles. The molecule has 2 aromatic carbocycles. The summed E-state index contributed by atoms with van der Waals surface area (Å²) in [4.78, 5) is 22.6. The average molecular weight is 334 g/mol. The zero-order chi connectivity index (χ0) is 17.0. The lowest BCUT2D eigenvalue weighted by Crippen LogP contribution is -2.32. The molecule has 0 aliphatic heterocycles. The zero-order valence-corrected chi connectivity index (χ0v) is 13.4. The van der Waals surface area contributed by atoms with Crippen molar-refractivity contribution in [3.8, 4) is 0 Å². The van der Waals surface area contributed by atoms with Gasteiger partial charge in [-0.3, -0.25) is 14.9 Å². The van der Waals surface area contributed by atoms with Crippen LogP contribution < -0.4 is 10.6 Å². The Bertz CT molecular complexity index is 749. The maximum atomic E-state index is 12.2. The first-order valence-electron chi connectivity index (χ1n) is 6.95. The Kier molecular flexibility index (Phi) is 5.18. The molecule has 120 valence electrons. The third kappa shape index (κ3) is 4.20. The highest BCUT2D eigenvalue weighted by Crippen LogP contribution is 2.24. The number of aryl methyl sites for hydroxylation is 1. The van der Waals surface area contributed by atoms with Crippen LogP contribution in [0.2, 0.25) is 5.02 Å². The van der Waals surface area contributed by atoms with Crippen LogP contribution >= 0.6 is 11.6 Å². The molecule has 1 amide bonds. The van der Waals surface area contributed by atoms with Crippen molar-refractivity contribution in [3.63, 3.8) is 0 Å². The number of nitrogens with zero attached hydrogens (tertiary/aromatic N) is 1. The second kappa shape index (κ2) is 7.11. The van der Waals surface area contributed by atoms with Gasteiger partial charge in [-0.05, 0) is 37.6 Å². The van der Waals surface area contributed by atoms with Crippen molar-refractivity contribution in [2.24, 2.45) is 0 Å². The minimum atomic E-state index is -0.589. The minimum Gasteiger partial charge on any atom is -0.374 e. The van der Waals surface area contributed by atoms with Crippen molar-refractivity contribution in [1.29, 1.82) is 0 Å². The van der Waals surface area contributed by atoms with Gasteiger partial charge in [-0.1, -0.05) is 29.8 Å². The second-order valence-electron chi connectivity index (χ2n) is 5.09. The number of nitrogens with one attached hydrogen (secondary N) is 2. The van der Waals surface area contributed by atoms with E-state index in [4.69, 9.17) is 11.6 Å². The number of amides is 1. The van der Waals surface area contributed by atoms with E-state index in [1.54, 1.807) is 25.1 Å². The third-order valence-electron chi connectivity index (χ3n) is 3.31. The Morgan fingerprint density at radius 3 is 2.61 bits per heavy atom. The number of rotatable bonds is 5. The van der Waals surface area contributed by atoms with Gasteiger partial charge in [0.25, 0.3) is 5.69 Å². The zero-order valence-electron chi connectivity index (χ0n) is 12.7. The van der Waals surface area contributed by atoms with Gasteiger partial charge in [0.15, 0.2) is 0 Å². The molecule has 2 N–H and O–H groups in total. The minimum absolute atomic E-state index is 0.147. The van der Waals surface area contributed by atoms with Crippen LogP contribution in [0.3, 0.4) is 0 Å². The number of carbonyl (C=O) groups excluding carboxylic acids is 1. The molecule has 0 fully saturated rings. The SMILES string of the molecule is Cc1ccc(N[C@H](C)C(=O)Nc2ccccc2[N+](=O)[O-])cc1Cl. The summed E-state index contributed by atoms with van der Waals surface area (Å²) in [6.45, 7) is 3.55. The molecule has 0 saturated carbocycles. The van der Waals surface area contributed by atoms with Gasteiger partial charge in [0.1, 0.15) is 11.7 Å². The lowest BCUT2D eigenvalue weighted by molar-refractivity contribution is -0.383. The van der Waals surface area contributed by atoms with Crippen molar-refractivity contribution in [2.75, 3.05) is 10.6 Å². The molecule has 0 bridgehead atoms. The number of halogens is 1. The summed E-state index contributed by atoms with van der Waals surface area (Å²) in [6, 6.07) is 10.8. The van der Waals surface area contributed by atoms with E-state index >= 15 is 0 Å². The molecule has 1 atom stereocenters. The lowest BCUT2D eigenvalue weighted by Gasteiger charge is -2.16. The van der Waals surface area contributed by atoms with Gasteiger partial charge < -0.3 is 10.6 Å². The fourth-order valence-electron chi connectivity index (χ4n) is 1.98. The molecule has 0 aliphatic carbocycles. The summed E-state index contributed by atoms with van der Waals surface area (Å²) >= 11 is 6.05. The van der Waals surface area contributed by atoms with Gasteiger partial charge in [-0.2, -0.15) is 0 Å². The van der Waals surface area contributed by atoms with E-state index < -0.39 is 11.0 Å². The standard InChI is InChI=1S/C16H16ClN3O3/c1-10-7-8-12(9-13(10)17)18-11(2)16(21)19-14-5-3-4-6-15(14)20(22)23/h3-9,11,18H,1-2H3,(H,19,21)/t11-/m1/s1. The van der Waals surface area contributed by atoms with Gasteiger partial charge >= 0.3 is 0 Å². The summed E-state index contributed by atoms with van der Waals surface area (Å²) < 4.78 is 0. The van der Waals surface area contributed by atoms with Crippen LogP contribution in [0.15, 0.2) is 42.5 Å². The molecule has 7 heteroatoms. The average Bonchev–Trinajstić information content (AvgIpc) is 2.51. The number of carbonyl (C=O) groups is 1. The Hall–Kier alpha value is -2.60. The normalized spacial score (nSPS) is 11.6. The molecule has 0 radical (unpaired) electrons. The maximum absolute atomic E-state index is 12.2. The predicted molar refractivity (Wildman–Crippen MR) is 91.0 cm³/mol. The predicted octanol–water partition coefficient (Wildman–Crippen LogP) is 4.00. The second-order valence-corrected chi connectivity index (χ2v) is 5.50. The van der Waals surface area contributed by atoms with Gasteiger partial charge in [0.2, 0.25) is 5.91 Å². The largest absolute Gasteiger partial charge is 0.374 e. The van der Waals surface area contributed by atoms with Crippen LogP contribution in [-0.2, 0) is 4.79 Å². The Labute approximate surface area is 138 Å². The van der Waals surface area contributed by atoms with E-state index in [1.807, 2.05) is 19.1 Å². The molecule has 2 rings (SSSR count). The van der Waals surface area contributed by atoms with Gasteiger partial charge in [0.05, 0.1) is 4.92 Å². The molecule has 0 saturated heterocycles. The van der Waals surface area contributed by atoms with E-state index in [2.05, 4.69) is 10.6 Å². The van der Waals surface area contributed by atoms with Gasteiger partial charge in [-0.15, -0.1) is 0 Å². The molecular weight excluding hydrogens is 318 g/mol. The number of anilines is 2. The summed E-state index contributed by atoms with van der Waals surface area (Å²) in [5.74, 6) is -0.379. The van der Waals surface area contributed by atoms with E-state index in [-0.39, 0.29) is 17.3 Å². The first-order valence-corrected chi connectivity index (χ1v) is 7.33. The van der Waals surface area contributed by atoms with Crippen LogP contribution in [0.25, 0.3) is 0 Å². The number of benzene rings is 2. The topological polar surface area (TPSA) is 84.3 Å². The Morgan fingerprint density at radius 2 is 1.96 bits per heavy atom. The quantitative estimate of drug-likeness (QED) is 0.640. The number of nitro benzene ring substituents is 1. The first-order chi connectivity index (χ1) is 10.9. The third-order valence-corrected chi connectivity index (χ3v) is 3.71. The van der Waals surface area contributed by atoms with Crippen LogP contribution in [0.5, 0.6) is 0 Å². The van der Waals surface area contributed by atoms with E-state index in [0.717, 1.165) is 5.56 Å². The first kappa shape index (κ1) is 16.8. The molecule has 2 aromatic rings. The molecule has 0 unspecified atom stereocenters. The molecule has 0 spiro atoms. The molecule has 0 aliphatic rings. The summed E-state index contributed by atoms with van der Waals surface area (Å²) in [5.41, 5.74) is 1.66. The van der Waals surface area contributed by atoms with E-state index in [1.165, 1.54) is 12.1 Å². The Balaban J connectivity index is 2.08. The van der Waals surface area contributed by atoms with Crippen molar-refractivity contribution in [1.82, 2.24) is 0 Å². The summed E-state index contributed by atoms with van der Waals surface area (Å²) in [7, 11) is 0. The number of para-hydroxylation sites is 2. The van der Waals surface area contributed by atoms with Crippen LogP contribution in [0, 0.1) is 17.0 Å². The molecule has 0 aromatic heterocycles. The van der Waals surface area contributed by atoms with Crippen molar-refractivity contribution < 1.29 is 9.72 Å². The van der Waals surface area contributed by atoms with Crippen molar-refractivity contribution >= 4 is 34.6 Å². The van der Waals surface area contributed by atoms with Crippen molar-refractivity contribution in [2.45, 2.75) is 19.9 Å². The number of hydrogen-bond acceptors (Lipinski definition) is 4. The van der Waals surface area contributed by atoms with Crippen LogP contribution in [0.1, 0.15) is 12.5 Å². The molecule has 23 heavy (non-hydrogen) atoms. The van der Waals surface area contributed by atoms with Crippen LogP contribution in [-0.4, -0.2) is 16.9 Å². The highest BCUT2D eigenvalue weighted by Gasteiger charge is 2.18. The van der Waals surface area contributed by atoms with Gasteiger partial charge in [-0.25, -0.2) is 0 Å². The summed E-state index contributed by atoms with van der Waals surface area (Å²) in [6.07, 6.45) is 0. The van der Waals surface area contributed by atoms with Crippen molar-refractivity contribution in [3.05, 3.63) is 63.2 Å².